The zero-order valence-corrected chi connectivity index (χ0v) is 12.2. The molecular formula is C18H19NO3. The molecule has 2 aromatic carbocycles. The summed E-state index contributed by atoms with van der Waals surface area (Å²) in [6, 6.07) is 16.9. The van der Waals surface area contributed by atoms with Crippen molar-refractivity contribution in [2.24, 2.45) is 0 Å². The van der Waals surface area contributed by atoms with Crippen LogP contribution in [0.3, 0.4) is 0 Å². The van der Waals surface area contributed by atoms with Crippen LogP contribution in [-0.4, -0.2) is 46.3 Å². The van der Waals surface area contributed by atoms with Gasteiger partial charge in [0.2, 0.25) is 0 Å². The Labute approximate surface area is 129 Å². The summed E-state index contributed by atoms with van der Waals surface area (Å²) in [5, 5.41) is 19.2. The van der Waals surface area contributed by atoms with Gasteiger partial charge in [-0.3, -0.25) is 4.79 Å². The summed E-state index contributed by atoms with van der Waals surface area (Å²) < 4.78 is 0. The van der Waals surface area contributed by atoms with Crippen molar-refractivity contribution in [3.8, 4) is 11.1 Å². The number of hydrogen-bond acceptors (Lipinski definition) is 3. The fraction of sp³-hybridized carbons (Fsp3) is 0.278. The fourth-order valence-corrected chi connectivity index (χ4v) is 3.01. The Morgan fingerprint density at radius 3 is 2.50 bits per heavy atom. The summed E-state index contributed by atoms with van der Waals surface area (Å²) in [6.07, 6.45) is -0.138. The van der Waals surface area contributed by atoms with E-state index in [-0.39, 0.29) is 25.1 Å². The minimum absolute atomic E-state index is 0.129. The van der Waals surface area contributed by atoms with Gasteiger partial charge in [0.1, 0.15) is 0 Å². The molecule has 0 aromatic heterocycles. The van der Waals surface area contributed by atoms with Gasteiger partial charge in [0, 0.05) is 12.1 Å². The monoisotopic (exact) mass is 297 g/mol. The molecule has 4 heteroatoms. The summed E-state index contributed by atoms with van der Waals surface area (Å²) in [7, 11) is 0. The maximum atomic E-state index is 12.9. The highest BCUT2D eigenvalue weighted by molar-refractivity contribution is 6.01. The molecule has 0 bridgehead atoms. The van der Waals surface area contributed by atoms with Crippen LogP contribution in [0.15, 0.2) is 54.6 Å². The van der Waals surface area contributed by atoms with E-state index in [1.807, 2.05) is 48.5 Å². The van der Waals surface area contributed by atoms with Crippen LogP contribution in [0.2, 0.25) is 0 Å². The van der Waals surface area contributed by atoms with Crippen LogP contribution in [0.25, 0.3) is 11.1 Å². The maximum Gasteiger partial charge on any atom is 0.254 e. The van der Waals surface area contributed by atoms with Crippen molar-refractivity contribution in [3.63, 3.8) is 0 Å². The van der Waals surface area contributed by atoms with Gasteiger partial charge in [-0.2, -0.15) is 0 Å². The Morgan fingerprint density at radius 2 is 1.77 bits per heavy atom. The van der Waals surface area contributed by atoms with Crippen molar-refractivity contribution < 1.29 is 15.0 Å². The molecule has 1 amide bonds. The standard InChI is InChI=1S/C18H19NO3/c20-12-14-10-15(21)11-19(14)18(22)17-9-5-4-8-16(17)13-6-2-1-3-7-13/h1-9,14-15,20-21H,10-12H2/t14-,15-/m1/s1. The number of carbonyl (C=O) groups is 1. The van der Waals surface area contributed by atoms with Crippen LogP contribution in [0, 0.1) is 0 Å². The Kier molecular flexibility index (Phi) is 4.22. The number of hydrogen-bond donors (Lipinski definition) is 2. The van der Waals surface area contributed by atoms with Crippen LogP contribution in [0.4, 0.5) is 0 Å². The number of amides is 1. The van der Waals surface area contributed by atoms with Crippen LogP contribution >= 0.6 is 0 Å². The quantitative estimate of drug-likeness (QED) is 0.910. The minimum Gasteiger partial charge on any atom is -0.394 e. The first-order chi connectivity index (χ1) is 10.7. The predicted octanol–water partition coefficient (Wildman–Crippen LogP) is 1.92. The minimum atomic E-state index is -0.565. The number of aliphatic hydroxyl groups is 2. The molecular weight excluding hydrogens is 278 g/mol. The lowest BCUT2D eigenvalue weighted by Gasteiger charge is -2.24. The van der Waals surface area contributed by atoms with E-state index >= 15 is 0 Å². The second-order valence-electron chi connectivity index (χ2n) is 5.60. The fourth-order valence-electron chi connectivity index (χ4n) is 3.01. The first-order valence-corrected chi connectivity index (χ1v) is 7.45. The van der Waals surface area contributed by atoms with Crippen molar-refractivity contribution in [1.82, 2.24) is 4.90 Å². The largest absolute Gasteiger partial charge is 0.394 e. The van der Waals surface area contributed by atoms with Gasteiger partial charge >= 0.3 is 0 Å². The molecule has 1 aliphatic rings. The third-order valence-corrected chi connectivity index (χ3v) is 4.11. The van der Waals surface area contributed by atoms with E-state index in [9.17, 15) is 15.0 Å². The average Bonchev–Trinajstić information content (AvgIpc) is 2.96. The van der Waals surface area contributed by atoms with Gasteiger partial charge in [0.05, 0.1) is 18.8 Å². The lowest BCUT2D eigenvalue weighted by atomic mass is 9.98. The Morgan fingerprint density at radius 1 is 1.09 bits per heavy atom. The molecule has 2 aromatic rings. The van der Waals surface area contributed by atoms with Crippen molar-refractivity contribution in [2.45, 2.75) is 18.6 Å². The molecule has 0 saturated carbocycles. The van der Waals surface area contributed by atoms with E-state index in [1.165, 1.54) is 0 Å². The number of likely N-dealkylation sites (tertiary alicyclic amines) is 1. The van der Waals surface area contributed by atoms with E-state index in [4.69, 9.17) is 0 Å². The third-order valence-electron chi connectivity index (χ3n) is 4.11. The Hall–Kier alpha value is -2.17. The van der Waals surface area contributed by atoms with Crippen LogP contribution in [-0.2, 0) is 0 Å². The molecule has 4 nitrogen and oxygen atoms in total. The van der Waals surface area contributed by atoms with Crippen LogP contribution < -0.4 is 0 Å². The molecule has 0 aliphatic carbocycles. The van der Waals surface area contributed by atoms with Gasteiger partial charge in [-0.15, -0.1) is 0 Å². The average molecular weight is 297 g/mol. The summed E-state index contributed by atoms with van der Waals surface area (Å²) in [4.78, 5) is 14.4. The van der Waals surface area contributed by atoms with E-state index in [0.29, 0.717) is 12.0 Å². The Balaban J connectivity index is 1.97. The van der Waals surface area contributed by atoms with Crippen molar-refractivity contribution in [1.29, 1.82) is 0 Å². The van der Waals surface area contributed by atoms with E-state index in [1.54, 1.807) is 11.0 Å². The molecule has 1 aliphatic heterocycles. The number of aliphatic hydroxyl groups excluding tert-OH is 2. The summed E-state index contributed by atoms with van der Waals surface area (Å²) in [5.41, 5.74) is 2.44. The summed E-state index contributed by atoms with van der Waals surface area (Å²) >= 11 is 0. The van der Waals surface area contributed by atoms with Crippen LogP contribution in [0.5, 0.6) is 0 Å². The number of benzene rings is 2. The third kappa shape index (κ3) is 2.75. The summed E-state index contributed by atoms with van der Waals surface area (Å²) in [6.45, 7) is 0.142. The van der Waals surface area contributed by atoms with E-state index in [0.717, 1.165) is 11.1 Å². The molecule has 0 spiro atoms. The molecule has 0 radical (unpaired) electrons. The summed E-state index contributed by atoms with van der Waals surface area (Å²) in [5.74, 6) is -0.143. The van der Waals surface area contributed by atoms with Crippen molar-refractivity contribution in [2.75, 3.05) is 13.2 Å². The number of rotatable bonds is 3. The van der Waals surface area contributed by atoms with E-state index in [2.05, 4.69) is 0 Å². The van der Waals surface area contributed by atoms with Gasteiger partial charge in [-0.1, -0.05) is 48.5 Å². The molecule has 22 heavy (non-hydrogen) atoms. The Bertz CT molecular complexity index is 656. The highest BCUT2D eigenvalue weighted by Crippen LogP contribution is 2.27. The maximum absolute atomic E-state index is 12.9. The SMILES string of the molecule is O=C(c1ccccc1-c1ccccc1)N1C[C@H](O)C[C@@H]1CO. The molecule has 114 valence electrons. The van der Waals surface area contributed by atoms with E-state index < -0.39 is 6.10 Å². The number of β-amino-alcohol motifs (C(OH)–C–C–N with tert-alkyl or cyclic N) is 1. The molecule has 1 heterocycles. The molecule has 2 N–H and O–H groups in total. The van der Waals surface area contributed by atoms with Crippen LogP contribution in [0.1, 0.15) is 16.8 Å². The highest BCUT2D eigenvalue weighted by Gasteiger charge is 2.34. The number of carbonyl (C=O) groups excluding carboxylic acids is 1. The molecule has 1 saturated heterocycles. The first kappa shape index (κ1) is 14.8. The van der Waals surface area contributed by atoms with Gasteiger partial charge in [-0.25, -0.2) is 0 Å². The van der Waals surface area contributed by atoms with Crippen molar-refractivity contribution >= 4 is 5.91 Å². The first-order valence-electron chi connectivity index (χ1n) is 7.45. The lowest BCUT2D eigenvalue weighted by molar-refractivity contribution is 0.0665. The topological polar surface area (TPSA) is 60.8 Å². The lowest BCUT2D eigenvalue weighted by Crippen LogP contribution is -2.38. The molecule has 0 unspecified atom stereocenters. The predicted molar refractivity (Wildman–Crippen MR) is 84.4 cm³/mol. The van der Waals surface area contributed by atoms with Gasteiger partial charge in [0.15, 0.2) is 0 Å². The van der Waals surface area contributed by atoms with Gasteiger partial charge in [-0.05, 0) is 23.6 Å². The van der Waals surface area contributed by atoms with Crippen molar-refractivity contribution in [3.05, 3.63) is 60.2 Å². The smallest absolute Gasteiger partial charge is 0.254 e. The zero-order valence-electron chi connectivity index (χ0n) is 12.2. The second-order valence-corrected chi connectivity index (χ2v) is 5.60. The second kappa shape index (κ2) is 6.30. The highest BCUT2D eigenvalue weighted by atomic mass is 16.3. The molecule has 3 rings (SSSR count). The zero-order chi connectivity index (χ0) is 15.5. The van der Waals surface area contributed by atoms with Gasteiger partial charge < -0.3 is 15.1 Å². The molecule has 1 fully saturated rings. The molecule has 2 atom stereocenters. The van der Waals surface area contributed by atoms with Gasteiger partial charge in [0.25, 0.3) is 5.91 Å². The normalized spacial score (nSPS) is 21.1. The number of nitrogens with zero attached hydrogens (tertiary/aromatic N) is 1.